The Balaban J connectivity index is 1.84. The van der Waals surface area contributed by atoms with Crippen LogP contribution in [0.15, 0.2) is 42.5 Å². The first-order valence-corrected chi connectivity index (χ1v) is 16.3. The second kappa shape index (κ2) is 10.2. The topological polar surface area (TPSA) is 67.9 Å². The Kier molecular flexibility index (Phi) is 7.64. The average Bonchev–Trinajstić information content (AvgIpc) is 2.92. The molecule has 4 rings (SSSR count). The number of ether oxygens (including phenoxy) is 2. The van der Waals surface area contributed by atoms with Crippen molar-refractivity contribution < 1.29 is 19.1 Å². The smallest absolute Gasteiger partial charge is 0.242 e. The number of nitrogens with zero attached hydrogens (tertiary/aromatic N) is 1. The summed E-state index contributed by atoms with van der Waals surface area (Å²) in [5, 5.41) is 4.08. The third-order valence-electron chi connectivity index (χ3n) is 6.98. The fourth-order valence-electron chi connectivity index (χ4n) is 5.21. The van der Waals surface area contributed by atoms with E-state index in [1.165, 1.54) is 0 Å². The molecule has 1 fully saturated rings. The highest BCUT2D eigenvalue weighted by molar-refractivity contribution is 6.76. The van der Waals surface area contributed by atoms with Crippen LogP contribution in [0.3, 0.4) is 0 Å². The van der Waals surface area contributed by atoms with Crippen molar-refractivity contribution in [2.24, 2.45) is 0 Å². The number of carbonyl (C=O) groups excluding carboxylic acids is 2. The molecule has 9 heteroatoms. The summed E-state index contributed by atoms with van der Waals surface area (Å²) in [6, 6.07) is 13.9. The molecule has 2 heterocycles. The van der Waals surface area contributed by atoms with Crippen LogP contribution in [-0.2, 0) is 24.5 Å². The molecule has 1 spiro atoms. The maximum Gasteiger partial charge on any atom is 0.242 e. The molecular weight excluding hydrogens is 503 g/mol. The van der Waals surface area contributed by atoms with E-state index in [1.807, 2.05) is 24.3 Å². The van der Waals surface area contributed by atoms with Gasteiger partial charge in [-0.15, -0.1) is 0 Å². The highest BCUT2D eigenvalue weighted by atomic mass is 35.5. The van der Waals surface area contributed by atoms with Crippen molar-refractivity contribution in [1.29, 1.82) is 0 Å². The van der Waals surface area contributed by atoms with Gasteiger partial charge in [-0.25, -0.2) is 0 Å². The van der Waals surface area contributed by atoms with Gasteiger partial charge < -0.3 is 14.8 Å². The molecule has 0 bridgehead atoms. The van der Waals surface area contributed by atoms with E-state index in [-0.39, 0.29) is 31.5 Å². The van der Waals surface area contributed by atoms with Crippen molar-refractivity contribution in [3.63, 3.8) is 0 Å². The van der Waals surface area contributed by atoms with Gasteiger partial charge in [0.05, 0.1) is 18.2 Å². The molecule has 6 nitrogen and oxygen atoms in total. The predicted octanol–water partition coefficient (Wildman–Crippen LogP) is 5.21. The summed E-state index contributed by atoms with van der Waals surface area (Å²) in [5.41, 5.74) is 1.19. The Labute approximate surface area is 217 Å². The first kappa shape index (κ1) is 26.2. The largest absolute Gasteiger partial charge is 0.379 e. The maximum atomic E-state index is 14.5. The average molecular weight is 536 g/mol. The van der Waals surface area contributed by atoms with Gasteiger partial charge in [-0.05, 0) is 41.4 Å². The maximum absolute atomic E-state index is 14.5. The quantitative estimate of drug-likeness (QED) is 0.391. The lowest BCUT2D eigenvalue weighted by molar-refractivity contribution is -0.132. The summed E-state index contributed by atoms with van der Waals surface area (Å²) in [6.45, 7) is 7.82. The molecule has 1 saturated heterocycles. The van der Waals surface area contributed by atoms with Gasteiger partial charge in [0, 0.05) is 44.3 Å². The first-order chi connectivity index (χ1) is 16.6. The third kappa shape index (κ3) is 5.02. The number of anilines is 1. The summed E-state index contributed by atoms with van der Waals surface area (Å²) in [6.07, 6.45) is -0.625. The fourth-order valence-corrected chi connectivity index (χ4v) is 6.33. The molecule has 1 N–H and O–H groups in total. The molecule has 0 unspecified atom stereocenters. The van der Waals surface area contributed by atoms with Gasteiger partial charge in [0.2, 0.25) is 11.8 Å². The van der Waals surface area contributed by atoms with Crippen LogP contribution in [0.1, 0.15) is 23.5 Å². The number of benzene rings is 2. The standard InChI is InChI=1S/C26H32Cl2N2O4Si/c1-33-23-14-24(31)29-15-21(17-6-5-7-18(27)12-17)26(23)20-9-8-19(28)13-22(20)30(25(26)32)16-34-10-11-35(2,3)4/h5-9,12-13,21,23H,10-11,14-16H2,1-4H3,(H,29,31)/t21-,23-,26-/m0/s1. The molecule has 188 valence electrons. The number of halogens is 2. The fraction of sp³-hybridized carbons (Fsp3) is 0.462. The number of hydrogen-bond acceptors (Lipinski definition) is 4. The molecule has 2 aliphatic rings. The van der Waals surface area contributed by atoms with Gasteiger partial charge in [-0.1, -0.05) is 61.0 Å². The van der Waals surface area contributed by atoms with E-state index < -0.39 is 25.5 Å². The predicted molar refractivity (Wildman–Crippen MR) is 142 cm³/mol. The van der Waals surface area contributed by atoms with Crippen LogP contribution >= 0.6 is 23.2 Å². The van der Waals surface area contributed by atoms with Crippen molar-refractivity contribution in [2.75, 3.05) is 31.9 Å². The van der Waals surface area contributed by atoms with E-state index in [4.69, 9.17) is 32.7 Å². The molecule has 3 atom stereocenters. The molecule has 2 aliphatic heterocycles. The monoisotopic (exact) mass is 534 g/mol. The zero-order valence-corrected chi connectivity index (χ0v) is 23.1. The lowest BCUT2D eigenvalue weighted by Crippen LogP contribution is -2.54. The summed E-state index contributed by atoms with van der Waals surface area (Å²) >= 11 is 12.8. The minimum Gasteiger partial charge on any atom is -0.379 e. The number of carbonyl (C=O) groups is 2. The molecule has 0 radical (unpaired) electrons. The van der Waals surface area contributed by atoms with Crippen LogP contribution < -0.4 is 10.2 Å². The number of nitrogens with one attached hydrogen (secondary N) is 1. The van der Waals surface area contributed by atoms with Gasteiger partial charge >= 0.3 is 0 Å². The minimum absolute atomic E-state index is 0.0612. The van der Waals surface area contributed by atoms with Crippen molar-refractivity contribution in [3.05, 3.63) is 63.6 Å². The van der Waals surface area contributed by atoms with Crippen molar-refractivity contribution in [2.45, 2.75) is 49.5 Å². The van der Waals surface area contributed by atoms with Crippen LogP contribution in [0.2, 0.25) is 35.7 Å². The summed E-state index contributed by atoms with van der Waals surface area (Å²) < 4.78 is 12.0. The first-order valence-electron chi connectivity index (χ1n) is 11.8. The molecule has 0 saturated carbocycles. The molecule has 35 heavy (non-hydrogen) atoms. The van der Waals surface area contributed by atoms with Crippen molar-refractivity contribution in [3.8, 4) is 0 Å². The second-order valence-electron chi connectivity index (χ2n) is 10.5. The van der Waals surface area contributed by atoms with E-state index >= 15 is 0 Å². The Morgan fingerprint density at radius 2 is 1.86 bits per heavy atom. The van der Waals surface area contributed by atoms with Crippen molar-refractivity contribution in [1.82, 2.24) is 5.32 Å². The van der Waals surface area contributed by atoms with E-state index in [9.17, 15) is 9.59 Å². The van der Waals surface area contributed by atoms with E-state index in [2.05, 4.69) is 25.0 Å². The number of methoxy groups -OCH3 is 1. The van der Waals surface area contributed by atoms with Gasteiger partial charge in [-0.3, -0.25) is 14.5 Å². The molecule has 2 amide bonds. The Bertz CT molecular complexity index is 1120. The summed E-state index contributed by atoms with van der Waals surface area (Å²) in [7, 11) is 0.262. The molecular formula is C26H32Cl2N2O4Si. The number of fused-ring (bicyclic) bond motifs is 2. The zero-order chi connectivity index (χ0) is 25.4. The van der Waals surface area contributed by atoms with Crippen LogP contribution in [0.25, 0.3) is 0 Å². The Morgan fingerprint density at radius 3 is 2.54 bits per heavy atom. The SMILES string of the molecule is CO[C@H]1CC(=O)NC[C@@H](c2cccc(Cl)c2)[C@]12C(=O)N(COCC[Si](C)(C)C)c1cc(Cl)ccc12. The lowest BCUT2D eigenvalue weighted by atomic mass is 9.64. The van der Waals surface area contributed by atoms with E-state index in [0.717, 1.165) is 17.2 Å². The summed E-state index contributed by atoms with van der Waals surface area (Å²) in [5.74, 6) is -0.720. The normalized spacial score (nSPS) is 24.5. The molecule has 2 aromatic rings. The lowest BCUT2D eigenvalue weighted by Gasteiger charge is -2.40. The zero-order valence-electron chi connectivity index (χ0n) is 20.6. The van der Waals surface area contributed by atoms with Gasteiger partial charge in [0.25, 0.3) is 0 Å². The Hall–Kier alpha value is -1.90. The number of amides is 2. The minimum atomic E-state index is -1.29. The van der Waals surface area contributed by atoms with Gasteiger partial charge in [0.15, 0.2) is 0 Å². The van der Waals surface area contributed by atoms with E-state index in [1.54, 1.807) is 30.2 Å². The van der Waals surface area contributed by atoms with Gasteiger partial charge in [0.1, 0.15) is 12.1 Å². The molecule has 2 aromatic carbocycles. The van der Waals surface area contributed by atoms with Crippen LogP contribution in [-0.4, -0.2) is 53.0 Å². The van der Waals surface area contributed by atoms with Crippen LogP contribution in [0.4, 0.5) is 5.69 Å². The highest BCUT2D eigenvalue weighted by Crippen LogP contribution is 2.54. The van der Waals surface area contributed by atoms with Crippen LogP contribution in [0, 0.1) is 0 Å². The van der Waals surface area contributed by atoms with Crippen LogP contribution in [0.5, 0.6) is 0 Å². The highest BCUT2D eigenvalue weighted by Gasteiger charge is 2.62. The second-order valence-corrected chi connectivity index (χ2v) is 16.9. The number of rotatable bonds is 7. The van der Waals surface area contributed by atoms with E-state index in [0.29, 0.717) is 22.3 Å². The van der Waals surface area contributed by atoms with Gasteiger partial charge in [-0.2, -0.15) is 0 Å². The van der Waals surface area contributed by atoms with Crippen molar-refractivity contribution >= 4 is 48.8 Å². The molecule has 0 aromatic heterocycles. The third-order valence-corrected chi connectivity index (χ3v) is 9.15. The molecule has 0 aliphatic carbocycles. The Morgan fingerprint density at radius 1 is 1.11 bits per heavy atom. The summed E-state index contributed by atoms with van der Waals surface area (Å²) in [4.78, 5) is 28.9. The number of hydrogen-bond donors (Lipinski definition) is 1.